The van der Waals surface area contributed by atoms with E-state index in [9.17, 15) is 0 Å². The third-order valence-corrected chi connectivity index (χ3v) is 4.50. The molecule has 3 rings (SSSR count). The lowest BCUT2D eigenvalue weighted by atomic mass is 9.85. The van der Waals surface area contributed by atoms with Gasteiger partial charge in [0.05, 0.1) is 12.6 Å². The van der Waals surface area contributed by atoms with Crippen molar-refractivity contribution in [3.05, 3.63) is 63.7 Å². The van der Waals surface area contributed by atoms with Gasteiger partial charge in [-0.2, -0.15) is 0 Å². The van der Waals surface area contributed by atoms with Crippen molar-refractivity contribution in [3.8, 4) is 5.75 Å². The molecule has 0 aliphatic carbocycles. The van der Waals surface area contributed by atoms with Gasteiger partial charge in [-0.3, -0.25) is 0 Å². The third-order valence-electron chi connectivity index (χ3n) is 4.17. The second kappa shape index (κ2) is 5.04. The molecular formula is C18H20ClNO. The number of hydrogen-bond acceptors (Lipinski definition) is 2. The number of fused-ring (bicyclic) bond motifs is 1. The van der Waals surface area contributed by atoms with Crippen molar-refractivity contribution >= 4 is 11.6 Å². The van der Waals surface area contributed by atoms with Crippen LogP contribution in [0.25, 0.3) is 0 Å². The first-order valence-electron chi connectivity index (χ1n) is 7.17. The van der Waals surface area contributed by atoms with Crippen LogP contribution in [0.1, 0.15) is 42.1 Å². The number of ether oxygens (including phenoxy) is 1. The first-order chi connectivity index (χ1) is 9.88. The normalized spacial score (nSPS) is 17.2. The van der Waals surface area contributed by atoms with Crippen LogP contribution in [-0.2, 0) is 5.41 Å². The van der Waals surface area contributed by atoms with E-state index in [0.29, 0.717) is 6.61 Å². The van der Waals surface area contributed by atoms with Gasteiger partial charge in [0.2, 0.25) is 0 Å². The molecule has 1 aliphatic heterocycles. The zero-order valence-corrected chi connectivity index (χ0v) is 13.4. The summed E-state index contributed by atoms with van der Waals surface area (Å²) in [5, 5.41) is 0.721. The topological polar surface area (TPSA) is 35.2 Å². The second-order valence-corrected chi connectivity index (χ2v) is 6.84. The van der Waals surface area contributed by atoms with Crippen LogP contribution in [0.2, 0.25) is 5.02 Å². The van der Waals surface area contributed by atoms with Crippen molar-refractivity contribution in [1.29, 1.82) is 0 Å². The smallest absolute Gasteiger partial charge is 0.123 e. The van der Waals surface area contributed by atoms with Gasteiger partial charge < -0.3 is 10.5 Å². The van der Waals surface area contributed by atoms with Gasteiger partial charge in [0.1, 0.15) is 5.75 Å². The van der Waals surface area contributed by atoms with E-state index in [1.54, 1.807) is 0 Å². The molecule has 1 atom stereocenters. The Bertz CT molecular complexity index is 694. The quantitative estimate of drug-likeness (QED) is 0.894. The summed E-state index contributed by atoms with van der Waals surface area (Å²) in [7, 11) is 0. The van der Waals surface area contributed by atoms with Gasteiger partial charge in [0.25, 0.3) is 0 Å². The highest BCUT2D eigenvalue weighted by Crippen LogP contribution is 2.40. The molecule has 0 fully saturated rings. The lowest BCUT2D eigenvalue weighted by molar-refractivity contribution is 0.291. The predicted octanol–water partition coefficient (Wildman–Crippen LogP) is 4.37. The van der Waals surface area contributed by atoms with Crippen LogP contribution in [0.3, 0.4) is 0 Å². The van der Waals surface area contributed by atoms with Crippen LogP contribution in [0.5, 0.6) is 5.75 Å². The molecule has 0 aromatic heterocycles. The van der Waals surface area contributed by atoms with Crippen molar-refractivity contribution < 1.29 is 4.74 Å². The van der Waals surface area contributed by atoms with Crippen molar-refractivity contribution in [1.82, 2.24) is 0 Å². The Morgan fingerprint density at radius 2 is 1.95 bits per heavy atom. The van der Waals surface area contributed by atoms with Gasteiger partial charge in [0.15, 0.2) is 0 Å². The van der Waals surface area contributed by atoms with Gasteiger partial charge in [0, 0.05) is 16.0 Å². The van der Waals surface area contributed by atoms with Crippen LogP contribution in [-0.4, -0.2) is 6.61 Å². The average molecular weight is 302 g/mol. The van der Waals surface area contributed by atoms with Crippen molar-refractivity contribution in [3.63, 3.8) is 0 Å². The fourth-order valence-corrected chi connectivity index (χ4v) is 3.15. The van der Waals surface area contributed by atoms with Crippen LogP contribution >= 0.6 is 11.6 Å². The summed E-state index contributed by atoms with van der Waals surface area (Å²) in [6, 6.07) is 12.0. The molecule has 0 radical (unpaired) electrons. The molecule has 2 N–H and O–H groups in total. The maximum atomic E-state index is 6.42. The molecule has 0 amide bonds. The molecule has 1 unspecified atom stereocenters. The molecule has 1 heterocycles. The highest BCUT2D eigenvalue weighted by Gasteiger charge is 2.32. The van der Waals surface area contributed by atoms with Crippen LogP contribution in [0, 0.1) is 6.92 Å². The Kier molecular flexibility index (Phi) is 3.46. The lowest BCUT2D eigenvalue weighted by Gasteiger charge is -2.19. The van der Waals surface area contributed by atoms with E-state index in [0.717, 1.165) is 27.5 Å². The molecular weight excluding hydrogens is 282 g/mol. The predicted molar refractivity (Wildman–Crippen MR) is 87.2 cm³/mol. The minimum Gasteiger partial charge on any atom is -0.492 e. The number of aryl methyl sites for hydroxylation is 1. The van der Waals surface area contributed by atoms with Gasteiger partial charge in [-0.15, -0.1) is 0 Å². The molecule has 2 aromatic rings. The van der Waals surface area contributed by atoms with E-state index in [1.807, 2.05) is 37.3 Å². The fraction of sp³-hybridized carbons (Fsp3) is 0.333. The van der Waals surface area contributed by atoms with Crippen molar-refractivity contribution in [2.45, 2.75) is 32.2 Å². The highest BCUT2D eigenvalue weighted by atomic mass is 35.5. The molecule has 0 spiro atoms. The summed E-state index contributed by atoms with van der Waals surface area (Å²) in [4.78, 5) is 0. The SMILES string of the molecule is Cc1ccc(C(N)c2ccc3c(c2)C(C)(C)CO3)c(Cl)c1. The Labute approximate surface area is 130 Å². The van der Waals surface area contributed by atoms with E-state index in [4.69, 9.17) is 22.1 Å². The van der Waals surface area contributed by atoms with Crippen molar-refractivity contribution in [2.75, 3.05) is 6.61 Å². The van der Waals surface area contributed by atoms with Crippen molar-refractivity contribution in [2.24, 2.45) is 5.73 Å². The van der Waals surface area contributed by atoms with Gasteiger partial charge in [-0.25, -0.2) is 0 Å². The van der Waals surface area contributed by atoms with Gasteiger partial charge >= 0.3 is 0 Å². The molecule has 21 heavy (non-hydrogen) atoms. The molecule has 0 saturated carbocycles. The van der Waals surface area contributed by atoms with E-state index in [-0.39, 0.29) is 11.5 Å². The Morgan fingerprint density at radius 1 is 1.19 bits per heavy atom. The van der Waals surface area contributed by atoms with E-state index in [2.05, 4.69) is 19.9 Å². The summed E-state index contributed by atoms with van der Waals surface area (Å²) >= 11 is 6.34. The number of rotatable bonds is 2. The summed E-state index contributed by atoms with van der Waals surface area (Å²) in [5.41, 5.74) is 10.8. The summed E-state index contributed by atoms with van der Waals surface area (Å²) in [6.07, 6.45) is 0. The van der Waals surface area contributed by atoms with E-state index >= 15 is 0 Å². The van der Waals surface area contributed by atoms with E-state index < -0.39 is 0 Å². The second-order valence-electron chi connectivity index (χ2n) is 6.43. The summed E-state index contributed by atoms with van der Waals surface area (Å²) < 4.78 is 5.73. The first kappa shape index (κ1) is 14.4. The maximum Gasteiger partial charge on any atom is 0.123 e. The number of nitrogens with two attached hydrogens (primary N) is 1. The zero-order chi connectivity index (χ0) is 15.2. The van der Waals surface area contributed by atoms with Gasteiger partial charge in [-0.1, -0.05) is 43.6 Å². The average Bonchev–Trinajstić information content (AvgIpc) is 2.74. The Hall–Kier alpha value is -1.51. The summed E-state index contributed by atoms with van der Waals surface area (Å²) in [6.45, 7) is 7.11. The number of hydrogen-bond donors (Lipinski definition) is 1. The minimum absolute atomic E-state index is 0.0299. The Morgan fingerprint density at radius 3 is 2.67 bits per heavy atom. The van der Waals surface area contributed by atoms with E-state index in [1.165, 1.54) is 5.56 Å². The molecule has 1 aliphatic rings. The molecule has 110 valence electrons. The first-order valence-corrected chi connectivity index (χ1v) is 7.55. The highest BCUT2D eigenvalue weighted by molar-refractivity contribution is 6.31. The number of halogens is 1. The number of benzene rings is 2. The monoisotopic (exact) mass is 301 g/mol. The molecule has 3 heteroatoms. The lowest BCUT2D eigenvalue weighted by Crippen LogP contribution is -2.19. The molecule has 0 bridgehead atoms. The minimum atomic E-state index is -0.222. The van der Waals surface area contributed by atoms with Gasteiger partial charge in [-0.05, 0) is 41.8 Å². The Balaban J connectivity index is 2.01. The molecule has 2 aromatic carbocycles. The fourth-order valence-electron chi connectivity index (χ4n) is 2.80. The summed E-state index contributed by atoms with van der Waals surface area (Å²) in [5.74, 6) is 0.964. The molecule has 0 saturated heterocycles. The van der Waals surface area contributed by atoms with Crippen LogP contribution in [0.15, 0.2) is 36.4 Å². The zero-order valence-electron chi connectivity index (χ0n) is 12.6. The van der Waals surface area contributed by atoms with Crippen LogP contribution in [0.4, 0.5) is 0 Å². The van der Waals surface area contributed by atoms with Crippen LogP contribution < -0.4 is 10.5 Å². The maximum absolute atomic E-state index is 6.42. The molecule has 2 nitrogen and oxygen atoms in total. The third kappa shape index (κ3) is 2.54. The largest absolute Gasteiger partial charge is 0.492 e. The standard InChI is InChI=1S/C18H20ClNO/c1-11-4-6-13(15(19)8-11)17(20)12-5-7-16-14(9-12)18(2,3)10-21-16/h4-9,17H,10,20H2,1-3H3.